The molecule has 3 fully saturated rings. The lowest BCUT2D eigenvalue weighted by molar-refractivity contribution is -0.205. The Morgan fingerprint density at radius 3 is 2.38 bits per heavy atom. The Balaban J connectivity index is 1.50. The normalized spacial score (nSPS) is 32.7. The van der Waals surface area contributed by atoms with Crippen molar-refractivity contribution >= 4 is 35.4 Å². The van der Waals surface area contributed by atoms with Crippen LogP contribution >= 0.6 is 23.4 Å². The zero-order valence-electron chi connectivity index (χ0n) is 22.9. The van der Waals surface area contributed by atoms with Gasteiger partial charge in [-0.3, -0.25) is 9.69 Å². The molecule has 3 heterocycles. The summed E-state index contributed by atoms with van der Waals surface area (Å²) in [4.78, 5) is 39.7. The van der Waals surface area contributed by atoms with Crippen LogP contribution in [0.5, 0.6) is 0 Å². The van der Waals surface area contributed by atoms with Crippen molar-refractivity contribution in [2.75, 3.05) is 12.8 Å². The average molecular weight is 607 g/mol. The molecule has 3 aliphatic rings. The van der Waals surface area contributed by atoms with Crippen molar-refractivity contribution in [2.45, 2.75) is 106 Å². The second-order valence-electron chi connectivity index (χ2n) is 11.0. The van der Waals surface area contributed by atoms with Crippen LogP contribution in [-0.4, -0.2) is 92.3 Å². The van der Waals surface area contributed by atoms with Crippen LogP contribution in [0.25, 0.3) is 0 Å². The number of amides is 2. The van der Waals surface area contributed by atoms with Crippen molar-refractivity contribution in [3.63, 3.8) is 0 Å². The Labute approximate surface area is 241 Å². The number of thioether (sulfide) groups is 1. The number of halogens is 1. The summed E-state index contributed by atoms with van der Waals surface area (Å²) in [5, 5.41) is 33.5. The van der Waals surface area contributed by atoms with Gasteiger partial charge in [-0.15, -0.1) is 23.4 Å². The summed E-state index contributed by atoms with van der Waals surface area (Å²) in [7, 11) is 0. The number of aliphatic hydroxyl groups excluding tert-OH is 3. The number of aryl methyl sites for hydroxylation is 1. The first-order chi connectivity index (χ1) is 19.0. The molecule has 0 bridgehead atoms. The molecule has 4 N–H and O–H groups in total. The Morgan fingerprint density at radius 1 is 1.10 bits per heavy atom. The molecule has 2 aliphatic heterocycles. The van der Waals surface area contributed by atoms with Gasteiger partial charge < -0.3 is 38.9 Å². The quantitative estimate of drug-likeness (QED) is 0.302. The lowest BCUT2D eigenvalue weighted by Gasteiger charge is -2.44. The minimum Gasteiger partial charge on any atom is -0.441 e. The molecule has 0 radical (unpaired) electrons. The van der Waals surface area contributed by atoms with Gasteiger partial charge in [0.05, 0.1) is 11.4 Å². The molecule has 9 atom stereocenters. The maximum absolute atomic E-state index is 13.8. The molecule has 4 rings (SSSR count). The highest BCUT2D eigenvalue weighted by atomic mass is 35.5. The summed E-state index contributed by atoms with van der Waals surface area (Å²) in [6.07, 6.45) is 0.857. The first kappa shape index (κ1) is 31.2. The molecule has 1 aromatic heterocycles. The van der Waals surface area contributed by atoms with Crippen LogP contribution in [0.1, 0.15) is 57.0 Å². The van der Waals surface area contributed by atoms with Gasteiger partial charge in [0.2, 0.25) is 5.91 Å². The van der Waals surface area contributed by atoms with E-state index >= 15 is 0 Å². The van der Waals surface area contributed by atoms with Crippen molar-refractivity contribution in [1.82, 2.24) is 10.2 Å². The van der Waals surface area contributed by atoms with E-state index in [0.717, 1.165) is 24.6 Å². The molecule has 14 heteroatoms. The van der Waals surface area contributed by atoms with E-state index in [2.05, 4.69) is 5.32 Å². The third-order valence-corrected chi connectivity index (χ3v) is 9.19. The second-order valence-corrected chi connectivity index (χ2v) is 12.6. The molecule has 40 heavy (non-hydrogen) atoms. The summed E-state index contributed by atoms with van der Waals surface area (Å²) in [6, 6.07) is -1.83. The first-order valence-electron chi connectivity index (χ1n) is 13.7. The number of ether oxygens (including phenoxy) is 2. The Hall–Kier alpha value is -1.77. The smallest absolute Gasteiger partial charge is 0.441 e. The first-order valence-corrected chi connectivity index (χ1v) is 15.4. The summed E-state index contributed by atoms with van der Waals surface area (Å²) in [5.41, 5.74) is -0.836. The number of likely N-dealkylation sites (tertiary alicyclic amines) is 1. The molecule has 0 spiro atoms. The Kier molecular flexibility index (Phi) is 10.5. The van der Waals surface area contributed by atoms with Gasteiger partial charge in [0, 0.05) is 6.54 Å². The molecule has 226 valence electrons. The molecule has 1 aromatic rings. The van der Waals surface area contributed by atoms with E-state index in [1.165, 1.54) is 24.7 Å². The summed E-state index contributed by atoms with van der Waals surface area (Å²) < 4.78 is 21.0. The average Bonchev–Trinajstić information content (AvgIpc) is 3.70. The van der Waals surface area contributed by atoms with Gasteiger partial charge in [-0.2, -0.15) is 0 Å². The lowest BCUT2D eigenvalue weighted by Crippen LogP contribution is -2.65. The molecule has 9 unspecified atom stereocenters. The van der Waals surface area contributed by atoms with Crippen LogP contribution in [0.2, 0.25) is 0 Å². The number of alkyl halides is 1. The van der Waals surface area contributed by atoms with Crippen molar-refractivity contribution in [2.24, 2.45) is 11.8 Å². The number of rotatable bonds is 9. The Bertz CT molecular complexity index is 1080. The number of aliphatic hydroxyl groups is 3. The number of nitrogens with one attached hydrogen (secondary N) is 1. The number of nitrogens with zero attached hydrogens (tertiary/aromatic N) is 1. The number of hydrogen-bond donors (Lipinski definition) is 4. The molecule has 12 nitrogen and oxygen atoms in total. The van der Waals surface area contributed by atoms with Crippen molar-refractivity contribution in [1.29, 1.82) is 0 Å². The highest BCUT2D eigenvalue weighted by Gasteiger charge is 2.48. The van der Waals surface area contributed by atoms with Crippen molar-refractivity contribution in [3.8, 4) is 0 Å². The molecular formula is C26H39ClN2O10S. The number of carbonyl (C=O) groups is 2. The maximum Gasteiger partial charge on any atom is 0.519 e. The molecule has 0 aromatic carbocycles. The molecule has 2 saturated heterocycles. The van der Waals surface area contributed by atoms with E-state index < -0.39 is 65.1 Å². The van der Waals surface area contributed by atoms with E-state index in [4.69, 9.17) is 29.9 Å². The van der Waals surface area contributed by atoms with Crippen LogP contribution in [0.4, 0.5) is 4.79 Å². The van der Waals surface area contributed by atoms with Crippen molar-refractivity contribution < 1.29 is 43.2 Å². The highest BCUT2D eigenvalue weighted by molar-refractivity contribution is 7.99. The van der Waals surface area contributed by atoms with Crippen LogP contribution in [-0.2, 0) is 20.9 Å². The fourth-order valence-corrected chi connectivity index (χ4v) is 6.41. The largest absolute Gasteiger partial charge is 0.519 e. The molecule has 2 amide bonds. The standard InChI is InChI=1S/C26H39ClN2O10S/c1-12(27)18(22-20(31)19(30)21(32)24(39-22)40-3)28-23(33)16-7-6-15(10-14-4-5-14)8-9-29(16)25(34)36-11-17-13(2)37-26(35)38-17/h12,14-16,18-22,24,30-32H,4-11H2,1-3H3,(H,28,33). The fourth-order valence-electron chi connectivity index (χ4n) is 5.52. The summed E-state index contributed by atoms with van der Waals surface area (Å²) in [6.45, 7) is 3.11. The van der Waals surface area contributed by atoms with Crippen LogP contribution in [0.3, 0.4) is 0 Å². The number of hydrogen-bond acceptors (Lipinski definition) is 11. The molecular weight excluding hydrogens is 568 g/mol. The van der Waals surface area contributed by atoms with Crippen molar-refractivity contribution in [3.05, 3.63) is 22.1 Å². The third kappa shape index (κ3) is 7.35. The lowest BCUT2D eigenvalue weighted by atomic mass is 9.92. The van der Waals surface area contributed by atoms with Crippen LogP contribution < -0.4 is 11.1 Å². The minimum absolute atomic E-state index is 0.0874. The van der Waals surface area contributed by atoms with E-state index in [1.54, 1.807) is 13.2 Å². The minimum atomic E-state index is -1.50. The van der Waals surface area contributed by atoms with Gasteiger partial charge >= 0.3 is 11.9 Å². The highest BCUT2D eigenvalue weighted by Crippen LogP contribution is 2.39. The topological polar surface area (TPSA) is 172 Å². The van der Waals surface area contributed by atoms with E-state index in [1.807, 2.05) is 0 Å². The van der Waals surface area contributed by atoms with Crippen LogP contribution in [0.15, 0.2) is 13.6 Å². The van der Waals surface area contributed by atoms with Gasteiger partial charge in [-0.05, 0) is 57.6 Å². The SMILES string of the molecule is CSC1OC(C(NC(=O)C2CCC(CC3CC3)CCN2C(=O)OCc2oc(=O)oc2C)C(C)Cl)C(O)C(O)C1O. The van der Waals surface area contributed by atoms with Gasteiger partial charge in [0.1, 0.15) is 35.9 Å². The van der Waals surface area contributed by atoms with E-state index in [0.29, 0.717) is 31.2 Å². The van der Waals surface area contributed by atoms with Gasteiger partial charge in [-0.1, -0.05) is 12.8 Å². The molecule has 1 saturated carbocycles. The monoisotopic (exact) mass is 606 g/mol. The zero-order valence-corrected chi connectivity index (χ0v) is 24.4. The predicted octanol–water partition coefficient (Wildman–Crippen LogP) is 1.73. The van der Waals surface area contributed by atoms with Gasteiger partial charge in [-0.25, -0.2) is 9.59 Å². The third-order valence-electron chi connectivity index (χ3n) is 8.06. The van der Waals surface area contributed by atoms with E-state index in [-0.39, 0.29) is 18.1 Å². The summed E-state index contributed by atoms with van der Waals surface area (Å²) >= 11 is 7.61. The predicted molar refractivity (Wildman–Crippen MR) is 145 cm³/mol. The molecule has 1 aliphatic carbocycles. The summed E-state index contributed by atoms with van der Waals surface area (Å²) in [5.74, 6) is -0.0456. The van der Waals surface area contributed by atoms with Crippen LogP contribution in [0, 0.1) is 18.8 Å². The zero-order chi connectivity index (χ0) is 29.1. The van der Waals surface area contributed by atoms with Gasteiger partial charge in [0.15, 0.2) is 18.1 Å². The fraction of sp³-hybridized carbons (Fsp3) is 0.808. The Morgan fingerprint density at radius 2 is 1.77 bits per heavy atom. The van der Waals surface area contributed by atoms with E-state index in [9.17, 15) is 29.7 Å². The second kappa shape index (κ2) is 13.5. The number of carbonyl (C=O) groups excluding carboxylic acids is 2. The van der Waals surface area contributed by atoms with Gasteiger partial charge in [0.25, 0.3) is 0 Å². The maximum atomic E-state index is 13.8.